The van der Waals surface area contributed by atoms with Crippen molar-refractivity contribution in [2.75, 3.05) is 12.5 Å². The van der Waals surface area contributed by atoms with Gasteiger partial charge in [-0.3, -0.25) is 0 Å². The van der Waals surface area contributed by atoms with Crippen molar-refractivity contribution >= 4 is 109 Å². The Morgan fingerprint density at radius 3 is 1.38 bits per heavy atom. The van der Waals surface area contributed by atoms with Gasteiger partial charge in [0.05, 0.1) is 10.1 Å². The molecule has 4 aromatic rings. The molecule has 0 aliphatic rings. The third-order valence-corrected chi connectivity index (χ3v) is 7.81. The molecule has 0 radical (unpaired) electrons. The van der Waals surface area contributed by atoms with E-state index in [9.17, 15) is 0 Å². The van der Waals surface area contributed by atoms with Gasteiger partial charge in [0.25, 0.3) is 0 Å². The van der Waals surface area contributed by atoms with Crippen LogP contribution in [0.15, 0.2) is 52.2 Å². The van der Waals surface area contributed by atoms with Crippen molar-refractivity contribution in [1.82, 2.24) is 9.97 Å². The minimum atomic E-state index is 1.05. The Morgan fingerprint density at radius 2 is 1.04 bits per heavy atom. The number of aromatic nitrogens is 2. The summed E-state index contributed by atoms with van der Waals surface area (Å²) in [6.07, 6.45) is 4.22. The monoisotopic (exact) mass is 636 g/mol. The van der Waals surface area contributed by atoms with E-state index in [0.717, 1.165) is 39.0 Å². The van der Waals surface area contributed by atoms with E-state index in [1.165, 1.54) is 21.9 Å². The third kappa shape index (κ3) is 3.14. The number of hydrogen-bond donors (Lipinski definition) is 2. The number of halogens is 4. The number of benzene rings is 2. The molecular weight excluding hydrogens is 628 g/mol. The summed E-state index contributed by atoms with van der Waals surface area (Å²) in [5.74, 6) is 0. The summed E-state index contributed by atoms with van der Waals surface area (Å²) in [4.78, 5) is 7.17. The molecule has 2 heterocycles. The van der Waals surface area contributed by atoms with Gasteiger partial charge in [0.15, 0.2) is 0 Å². The van der Waals surface area contributed by atoms with E-state index in [2.05, 4.69) is 110 Å². The molecule has 0 amide bonds. The first-order valence-electron chi connectivity index (χ1n) is 7.54. The van der Waals surface area contributed by atoms with Crippen LogP contribution in [0.2, 0.25) is 0 Å². The molecular formula is C18H12Br4N2S2. The molecule has 0 bridgehead atoms. The van der Waals surface area contributed by atoms with E-state index in [0.29, 0.717) is 0 Å². The molecule has 0 aliphatic carbocycles. The van der Waals surface area contributed by atoms with Gasteiger partial charge in [-0.25, -0.2) is 0 Å². The van der Waals surface area contributed by atoms with Gasteiger partial charge in [-0.2, -0.15) is 0 Å². The first-order valence-corrected chi connectivity index (χ1v) is 13.2. The normalized spacial score (nSPS) is 11.8. The van der Waals surface area contributed by atoms with Gasteiger partial charge < -0.3 is 9.97 Å². The van der Waals surface area contributed by atoms with Crippen LogP contribution in [0.25, 0.3) is 32.9 Å². The lowest BCUT2D eigenvalue weighted by Gasteiger charge is -2.07. The second-order valence-electron chi connectivity index (χ2n) is 5.69. The number of aromatic amines is 2. The average Bonchev–Trinajstić information content (AvgIpc) is 3.11. The first-order chi connectivity index (χ1) is 12.4. The van der Waals surface area contributed by atoms with Crippen LogP contribution in [0.1, 0.15) is 0 Å². The summed E-state index contributed by atoms with van der Waals surface area (Å²) in [5.41, 5.74) is 4.68. The lowest BCUT2D eigenvalue weighted by Crippen LogP contribution is -1.82. The van der Waals surface area contributed by atoms with E-state index >= 15 is 0 Å². The largest absolute Gasteiger partial charge is 0.349 e. The maximum absolute atomic E-state index is 3.77. The number of nitrogens with one attached hydrogen (secondary N) is 2. The minimum Gasteiger partial charge on any atom is -0.349 e. The lowest BCUT2D eigenvalue weighted by molar-refractivity contribution is 1.21. The molecule has 2 nitrogen and oxygen atoms in total. The van der Waals surface area contributed by atoms with Crippen LogP contribution in [0, 0.1) is 0 Å². The van der Waals surface area contributed by atoms with E-state index in [1.807, 2.05) is 0 Å². The highest BCUT2D eigenvalue weighted by atomic mass is 79.9. The van der Waals surface area contributed by atoms with Crippen LogP contribution in [-0.2, 0) is 0 Å². The molecule has 134 valence electrons. The highest BCUT2D eigenvalue weighted by molar-refractivity contribution is 9.11. The highest BCUT2D eigenvalue weighted by Crippen LogP contribution is 2.49. The van der Waals surface area contributed by atoms with E-state index in [-0.39, 0.29) is 0 Å². The van der Waals surface area contributed by atoms with Crippen LogP contribution >= 0.6 is 87.2 Å². The second-order valence-corrected chi connectivity index (χ2v) is 10.9. The predicted octanol–water partition coefficient (Wildman–Crippen LogP) is 8.81. The summed E-state index contributed by atoms with van der Waals surface area (Å²) in [7, 11) is 0. The van der Waals surface area contributed by atoms with Crippen molar-refractivity contribution in [3.8, 4) is 11.1 Å². The molecule has 0 saturated carbocycles. The third-order valence-electron chi connectivity index (χ3n) is 4.22. The molecule has 26 heavy (non-hydrogen) atoms. The Hall–Kier alpha value is 0.140. The van der Waals surface area contributed by atoms with Gasteiger partial charge in [-0.1, -0.05) is 63.7 Å². The lowest BCUT2D eigenvalue weighted by atomic mass is 10.0. The quantitative estimate of drug-likeness (QED) is 0.220. The summed E-state index contributed by atoms with van der Waals surface area (Å²) in [6.45, 7) is 0. The maximum Gasteiger partial charge on any atom is 0.0811 e. The van der Waals surface area contributed by atoms with Crippen molar-refractivity contribution in [3.63, 3.8) is 0 Å². The fourth-order valence-corrected chi connectivity index (χ4v) is 7.32. The molecule has 2 N–H and O–H groups in total. The van der Waals surface area contributed by atoms with Crippen LogP contribution in [0.3, 0.4) is 0 Å². The topological polar surface area (TPSA) is 31.6 Å². The fourth-order valence-electron chi connectivity index (χ4n) is 3.23. The van der Waals surface area contributed by atoms with Crippen LogP contribution in [-0.4, -0.2) is 22.5 Å². The first kappa shape index (κ1) is 19.5. The predicted molar refractivity (Wildman–Crippen MR) is 130 cm³/mol. The minimum absolute atomic E-state index is 1.05. The molecule has 0 atom stereocenters. The second kappa shape index (κ2) is 7.52. The SMILES string of the molecule is CSc1[nH]c2cc(Br)cc(Br)c2c1-c1c(SC)[nH]c2cc(Br)cc(Br)c12. The smallest absolute Gasteiger partial charge is 0.0811 e. The maximum atomic E-state index is 3.77. The fraction of sp³-hybridized carbons (Fsp3) is 0.111. The standard InChI is InChI=1S/C18H12Br4N2S2/c1-25-17-15(13-9(21)3-7(19)5-11(13)23-17)16-14-10(22)4-8(20)6-12(14)24-18(16)26-2/h3-6,23-24H,1-2H3. The molecule has 0 spiro atoms. The Labute approximate surface area is 193 Å². The van der Waals surface area contributed by atoms with Crippen LogP contribution in [0.4, 0.5) is 0 Å². The van der Waals surface area contributed by atoms with Crippen molar-refractivity contribution in [1.29, 1.82) is 0 Å². The van der Waals surface area contributed by atoms with E-state index < -0.39 is 0 Å². The Kier molecular flexibility index (Phi) is 5.63. The zero-order chi connectivity index (χ0) is 18.6. The molecule has 0 saturated heterocycles. The Balaban J connectivity index is 2.20. The zero-order valence-electron chi connectivity index (χ0n) is 13.6. The van der Waals surface area contributed by atoms with E-state index in [1.54, 1.807) is 23.5 Å². The van der Waals surface area contributed by atoms with Gasteiger partial charge >= 0.3 is 0 Å². The average molecular weight is 640 g/mol. The summed E-state index contributed by atoms with van der Waals surface area (Å²) in [5, 5.41) is 4.71. The van der Waals surface area contributed by atoms with Gasteiger partial charge in [0, 0.05) is 50.8 Å². The molecule has 2 aromatic heterocycles. The number of hydrogen-bond acceptors (Lipinski definition) is 2. The summed E-state index contributed by atoms with van der Waals surface area (Å²) < 4.78 is 4.24. The van der Waals surface area contributed by atoms with Gasteiger partial charge in [0.1, 0.15) is 0 Å². The number of fused-ring (bicyclic) bond motifs is 2. The molecule has 0 fully saturated rings. The zero-order valence-corrected chi connectivity index (χ0v) is 21.6. The van der Waals surface area contributed by atoms with Crippen molar-refractivity contribution < 1.29 is 0 Å². The molecule has 8 heteroatoms. The van der Waals surface area contributed by atoms with Crippen molar-refractivity contribution in [2.24, 2.45) is 0 Å². The molecule has 0 unspecified atom stereocenters. The number of H-pyrrole nitrogens is 2. The van der Waals surface area contributed by atoms with Crippen LogP contribution < -0.4 is 0 Å². The van der Waals surface area contributed by atoms with Gasteiger partial charge in [0.2, 0.25) is 0 Å². The van der Waals surface area contributed by atoms with E-state index in [4.69, 9.17) is 0 Å². The van der Waals surface area contributed by atoms with Gasteiger partial charge in [-0.15, -0.1) is 23.5 Å². The Bertz CT molecular complexity index is 1070. The molecule has 4 rings (SSSR count). The van der Waals surface area contributed by atoms with Crippen LogP contribution in [0.5, 0.6) is 0 Å². The summed E-state index contributed by atoms with van der Waals surface area (Å²) in [6, 6.07) is 8.46. The van der Waals surface area contributed by atoms with Crippen molar-refractivity contribution in [3.05, 3.63) is 42.2 Å². The molecule has 0 aliphatic heterocycles. The summed E-state index contributed by atoms with van der Waals surface area (Å²) >= 11 is 18.2. The Morgan fingerprint density at radius 1 is 0.654 bits per heavy atom. The molecule has 2 aromatic carbocycles. The number of thioether (sulfide) groups is 2. The highest BCUT2D eigenvalue weighted by Gasteiger charge is 2.23. The van der Waals surface area contributed by atoms with Crippen molar-refractivity contribution in [2.45, 2.75) is 10.1 Å². The number of rotatable bonds is 3. The van der Waals surface area contributed by atoms with Gasteiger partial charge in [-0.05, 0) is 36.8 Å².